The molecule has 412 valence electrons. The number of para-hydroxylation sites is 3. The monoisotopic (exact) mass is 1140 g/mol. The molecule has 16 rings (SSSR count). The van der Waals surface area contributed by atoms with Crippen LogP contribution in [-0.4, -0.2) is 28.4 Å². The van der Waals surface area contributed by atoms with Gasteiger partial charge in [-0.15, -0.1) is 0 Å². The van der Waals surface area contributed by atoms with E-state index in [-0.39, 0.29) is 17.7 Å². The molecule has 3 heterocycles. The van der Waals surface area contributed by atoms with E-state index < -0.39 is 16.1 Å². The highest BCUT2D eigenvalue weighted by Crippen LogP contribution is 2.62. The van der Waals surface area contributed by atoms with Crippen molar-refractivity contribution < 1.29 is 0 Å². The van der Waals surface area contributed by atoms with Gasteiger partial charge in [0, 0.05) is 45.2 Å². The lowest BCUT2D eigenvalue weighted by atomic mass is 9.33. The van der Waals surface area contributed by atoms with Gasteiger partial charge in [-0.2, -0.15) is 0 Å². The van der Waals surface area contributed by atoms with Gasteiger partial charge in [0.25, 0.3) is 6.71 Å². The summed E-state index contributed by atoms with van der Waals surface area (Å²) in [7, 11) is -5.72. The molecule has 1 aliphatic carbocycles. The Balaban J connectivity index is 0.972. The molecule has 2 atom stereocenters. The summed E-state index contributed by atoms with van der Waals surface area (Å²) in [5.74, 6) is 0. The minimum atomic E-state index is -2.86. The summed E-state index contributed by atoms with van der Waals surface area (Å²) in [6.07, 6.45) is 4.74. The summed E-state index contributed by atoms with van der Waals surface area (Å²) in [5, 5.41) is 10.8. The van der Waals surface area contributed by atoms with Gasteiger partial charge in [-0.1, -0.05) is 281 Å². The molecule has 1 fully saturated rings. The van der Waals surface area contributed by atoms with Gasteiger partial charge in [-0.25, -0.2) is 0 Å². The van der Waals surface area contributed by atoms with E-state index in [2.05, 4.69) is 344 Å². The molecule has 0 radical (unpaired) electrons. The second-order valence-electron chi connectivity index (χ2n) is 24.6. The Kier molecular flexibility index (Phi) is 12.5. The smallest absolute Gasteiger partial charge is 0.252 e. The molecule has 0 bridgehead atoms. The van der Waals surface area contributed by atoms with Crippen LogP contribution >= 0.6 is 0 Å². The molecular formula is C80H66BN3Si2. The Morgan fingerprint density at radius 1 is 0.349 bits per heavy atom. The van der Waals surface area contributed by atoms with Gasteiger partial charge < -0.3 is 14.7 Å². The predicted octanol–water partition coefficient (Wildman–Crippen LogP) is 12.3. The Labute approximate surface area is 509 Å². The quantitative estimate of drug-likeness (QED) is 0.0892. The number of benzene rings is 12. The second kappa shape index (κ2) is 20.7. The summed E-state index contributed by atoms with van der Waals surface area (Å²) < 4.78 is 0. The van der Waals surface area contributed by atoms with Crippen LogP contribution in [-0.2, 0) is 5.41 Å². The zero-order valence-electron chi connectivity index (χ0n) is 48.8. The van der Waals surface area contributed by atoms with Crippen molar-refractivity contribution in [2.24, 2.45) is 0 Å². The Hall–Kier alpha value is -9.46. The van der Waals surface area contributed by atoms with Crippen molar-refractivity contribution in [1.29, 1.82) is 0 Å². The van der Waals surface area contributed by atoms with E-state index >= 15 is 0 Å². The SMILES string of the molecule is CC12CCCCC1(C)N1c3cc(N(c4ccc([Si](c5ccccc5)(c5ccccc5)c5ccccc5)cc4)c4ccc([Si](c5ccccc5)(c5ccccc5)c5ccccc5)cc4)cc4c3B(c3ccccc3N4c3ccccc3)c3cccc2c31. The Morgan fingerprint density at radius 2 is 0.733 bits per heavy atom. The fourth-order valence-electron chi connectivity index (χ4n) is 16.5. The lowest BCUT2D eigenvalue weighted by Crippen LogP contribution is -2.74. The van der Waals surface area contributed by atoms with Crippen LogP contribution in [0.2, 0.25) is 0 Å². The maximum atomic E-state index is 2.87. The normalized spacial score (nSPS) is 17.3. The molecular weight excluding hydrogens is 1070 g/mol. The Morgan fingerprint density at radius 3 is 1.20 bits per heavy atom. The van der Waals surface area contributed by atoms with Crippen LogP contribution in [0.3, 0.4) is 0 Å². The molecule has 2 unspecified atom stereocenters. The van der Waals surface area contributed by atoms with Crippen molar-refractivity contribution in [3.8, 4) is 0 Å². The predicted molar refractivity (Wildman–Crippen MR) is 371 cm³/mol. The first-order valence-electron chi connectivity index (χ1n) is 30.8. The average molecular weight is 1140 g/mol. The number of anilines is 8. The molecule has 86 heavy (non-hydrogen) atoms. The van der Waals surface area contributed by atoms with Crippen LogP contribution in [0.5, 0.6) is 0 Å². The Bertz CT molecular complexity index is 4080. The molecule has 4 aliphatic rings. The minimum Gasteiger partial charge on any atom is -0.335 e. The first-order chi connectivity index (χ1) is 42.4. The molecule has 0 N–H and O–H groups in total. The highest BCUT2D eigenvalue weighted by molar-refractivity contribution is 7.20. The first kappa shape index (κ1) is 52.1. The van der Waals surface area contributed by atoms with E-state index in [1.165, 1.54) is 105 Å². The van der Waals surface area contributed by atoms with Crippen molar-refractivity contribution in [3.05, 3.63) is 321 Å². The molecule has 3 aliphatic heterocycles. The first-order valence-corrected chi connectivity index (χ1v) is 34.8. The second-order valence-corrected chi connectivity index (χ2v) is 32.2. The van der Waals surface area contributed by atoms with Crippen LogP contribution < -0.4 is 72.6 Å². The van der Waals surface area contributed by atoms with Crippen LogP contribution in [0.1, 0.15) is 45.1 Å². The van der Waals surface area contributed by atoms with Crippen molar-refractivity contribution in [1.82, 2.24) is 0 Å². The van der Waals surface area contributed by atoms with Gasteiger partial charge >= 0.3 is 0 Å². The topological polar surface area (TPSA) is 9.72 Å². The van der Waals surface area contributed by atoms with Gasteiger partial charge in [0.05, 0.1) is 11.2 Å². The van der Waals surface area contributed by atoms with E-state index in [9.17, 15) is 0 Å². The number of rotatable bonds is 12. The number of hydrogen-bond donors (Lipinski definition) is 0. The van der Waals surface area contributed by atoms with Gasteiger partial charge in [0.15, 0.2) is 16.1 Å². The van der Waals surface area contributed by atoms with Gasteiger partial charge in [-0.3, -0.25) is 0 Å². The van der Waals surface area contributed by atoms with Crippen LogP contribution in [0.4, 0.5) is 45.5 Å². The summed E-state index contributed by atoms with van der Waals surface area (Å²) in [4.78, 5) is 8.03. The number of hydrogen-bond acceptors (Lipinski definition) is 3. The van der Waals surface area contributed by atoms with Gasteiger partial charge in [0.2, 0.25) is 0 Å². The van der Waals surface area contributed by atoms with Crippen LogP contribution in [0.25, 0.3) is 0 Å². The van der Waals surface area contributed by atoms with Crippen molar-refractivity contribution >= 4 is 126 Å². The zero-order valence-corrected chi connectivity index (χ0v) is 50.8. The van der Waals surface area contributed by atoms with Crippen LogP contribution in [0.15, 0.2) is 315 Å². The maximum absolute atomic E-state index is 2.87. The summed E-state index contributed by atoms with van der Waals surface area (Å²) in [6.45, 7) is 5.24. The lowest BCUT2D eigenvalue weighted by molar-refractivity contribution is 0.195. The van der Waals surface area contributed by atoms with Gasteiger partial charge in [0.1, 0.15) is 0 Å². The largest absolute Gasteiger partial charge is 0.335 e. The third kappa shape index (κ3) is 7.65. The molecule has 3 nitrogen and oxygen atoms in total. The van der Waals surface area contributed by atoms with E-state index in [0.717, 1.165) is 29.2 Å². The lowest BCUT2D eigenvalue weighted by Gasteiger charge is -2.53. The molecule has 0 amide bonds. The molecule has 12 aromatic carbocycles. The van der Waals surface area contributed by atoms with E-state index in [1.54, 1.807) is 0 Å². The summed E-state index contributed by atoms with van der Waals surface area (Å²) in [5.41, 5.74) is 15.2. The standard InChI is InChI=1S/C80H66BN3Si2/c1-79-55-26-27-56-80(79,2)84-76-58-62(57-75-77(76)81(73-45-28-43-71(79)78(73)84)72-44-24-25-46-74(72)83(75)59-29-10-3-11-30-59)82(60-47-51-69(52-48-60)85(63-31-12-4-13-32-63,64-33-14-5-15-34-64)65-35-16-6-17-36-65)61-49-53-70(54-50-61)86(66-37-18-7-19-38-66,67-39-20-8-21-40-67)68-41-22-9-23-42-68/h3-25,28-54,57-58H,26-27,55-56H2,1-2H3. The minimum absolute atomic E-state index is 0.0315. The third-order valence-electron chi connectivity index (χ3n) is 20.5. The molecule has 0 saturated heterocycles. The average Bonchev–Trinajstić information content (AvgIpc) is 1.47. The number of fused-ring (bicyclic) bond motifs is 7. The van der Waals surface area contributed by atoms with Crippen molar-refractivity contribution in [2.45, 2.75) is 50.5 Å². The molecule has 1 saturated carbocycles. The number of nitrogens with zero attached hydrogens (tertiary/aromatic N) is 3. The van der Waals surface area contributed by atoms with E-state index in [4.69, 9.17) is 0 Å². The molecule has 0 spiro atoms. The zero-order chi connectivity index (χ0) is 57.5. The van der Waals surface area contributed by atoms with E-state index in [0.29, 0.717) is 0 Å². The van der Waals surface area contributed by atoms with Crippen molar-refractivity contribution in [2.75, 3.05) is 14.7 Å². The third-order valence-corrected chi connectivity index (χ3v) is 30.1. The van der Waals surface area contributed by atoms with Crippen molar-refractivity contribution in [3.63, 3.8) is 0 Å². The molecule has 6 heteroatoms. The fourth-order valence-corrected chi connectivity index (χ4v) is 26.0. The molecule has 12 aromatic rings. The highest BCUT2D eigenvalue weighted by Gasteiger charge is 2.61. The van der Waals surface area contributed by atoms with Gasteiger partial charge in [-0.05, 0) is 138 Å². The molecule has 0 aromatic heterocycles. The highest BCUT2D eigenvalue weighted by atomic mass is 28.3. The fraction of sp³-hybridized carbons (Fsp3) is 0.100. The summed E-state index contributed by atoms with van der Waals surface area (Å²) >= 11 is 0. The maximum Gasteiger partial charge on any atom is 0.252 e. The van der Waals surface area contributed by atoms with E-state index in [1.807, 2.05) is 0 Å². The summed E-state index contributed by atoms with van der Waals surface area (Å²) in [6, 6.07) is 120. The van der Waals surface area contributed by atoms with Crippen LogP contribution in [0, 0.1) is 0 Å².